The summed E-state index contributed by atoms with van der Waals surface area (Å²) in [6.07, 6.45) is 1.69. The molecule has 0 saturated heterocycles. The smallest absolute Gasteiger partial charge is 0.363 e. The molecule has 0 fully saturated rings. The van der Waals surface area contributed by atoms with E-state index in [1.807, 2.05) is 72.8 Å². The molecule has 0 radical (unpaired) electrons. The van der Waals surface area contributed by atoms with Crippen LogP contribution in [-0.4, -0.2) is 11.9 Å². The van der Waals surface area contributed by atoms with Gasteiger partial charge in [0, 0.05) is 15.1 Å². The fraction of sp³-hybridized carbons (Fsp3) is 0.0435. The number of hydrogen-bond acceptors (Lipinski definition) is 4. The maximum absolute atomic E-state index is 12.1. The lowest BCUT2D eigenvalue weighted by Crippen LogP contribution is -2.05. The third-order valence-corrected chi connectivity index (χ3v) is 4.90. The van der Waals surface area contributed by atoms with E-state index >= 15 is 0 Å². The Kier molecular flexibility index (Phi) is 5.79. The summed E-state index contributed by atoms with van der Waals surface area (Å²) < 4.78 is 12.0. The molecule has 1 aliphatic rings. The minimum absolute atomic E-state index is 0.257. The van der Waals surface area contributed by atoms with Gasteiger partial charge < -0.3 is 9.47 Å². The monoisotopic (exact) mass is 467 g/mol. The first-order valence-corrected chi connectivity index (χ1v) is 10.00. The number of carbonyl (C=O) groups is 1. The Labute approximate surface area is 181 Å². The number of carbonyl (C=O) groups excluding carboxylic acids is 1. The van der Waals surface area contributed by atoms with E-state index in [2.05, 4.69) is 20.9 Å². The molecule has 0 N–H and O–H groups in total. The quantitative estimate of drug-likeness (QED) is 0.339. The number of cyclic esters (lactones) is 1. The Morgan fingerprint density at radius 1 is 1.03 bits per heavy atom. The van der Waals surface area contributed by atoms with Crippen LogP contribution in [0.25, 0.3) is 6.08 Å². The first-order valence-electron chi connectivity index (χ1n) is 8.83. The standard InChI is InChI=1S/C23H15BrClNO3/c24-18-5-2-4-17(13-18)22-26-21(23(27)29-22)12-15-7-9-20(10-8-15)28-14-16-3-1-6-19(25)11-16/h1-13H,14H2/b21-12-. The van der Waals surface area contributed by atoms with Crippen LogP contribution in [0.5, 0.6) is 5.75 Å². The van der Waals surface area contributed by atoms with Crippen molar-refractivity contribution in [3.63, 3.8) is 0 Å². The molecular weight excluding hydrogens is 454 g/mol. The van der Waals surface area contributed by atoms with E-state index in [9.17, 15) is 4.79 Å². The van der Waals surface area contributed by atoms with Gasteiger partial charge >= 0.3 is 5.97 Å². The fourth-order valence-corrected chi connectivity index (χ4v) is 3.38. The molecule has 0 saturated carbocycles. The molecule has 0 spiro atoms. The molecule has 0 atom stereocenters. The summed E-state index contributed by atoms with van der Waals surface area (Å²) in [5.74, 6) is 0.546. The molecule has 0 unspecified atom stereocenters. The Balaban J connectivity index is 1.46. The maximum atomic E-state index is 12.1. The molecule has 6 heteroatoms. The van der Waals surface area contributed by atoms with Gasteiger partial charge in [0.1, 0.15) is 12.4 Å². The van der Waals surface area contributed by atoms with Crippen LogP contribution in [-0.2, 0) is 16.1 Å². The zero-order chi connectivity index (χ0) is 20.2. The van der Waals surface area contributed by atoms with Crippen LogP contribution in [0.4, 0.5) is 0 Å². The first-order chi connectivity index (χ1) is 14.1. The molecule has 1 aliphatic heterocycles. The highest BCUT2D eigenvalue weighted by atomic mass is 79.9. The Morgan fingerprint density at radius 2 is 1.83 bits per heavy atom. The summed E-state index contributed by atoms with van der Waals surface area (Å²) in [4.78, 5) is 16.5. The molecule has 1 heterocycles. The van der Waals surface area contributed by atoms with Crippen molar-refractivity contribution in [1.82, 2.24) is 0 Å². The molecule has 0 amide bonds. The van der Waals surface area contributed by atoms with E-state index in [4.69, 9.17) is 21.1 Å². The van der Waals surface area contributed by atoms with Crippen molar-refractivity contribution in [2.45, 2.75) is 6.61 Å². The van der Waals surface area contributed by atoms with Gasteiger partial charge in [-0.3, -0.25) is 0 Å². The second-order valence-corrected chi connectivity index (χ2v) is 7.69. The van der Waals surface area contributed by atoms with Gasteiger partial charge in [-0.1, -0.05) is 57.9 Å². The van der Waals surface area contributed by atoms with Gasteiger partial charge in [-0.15, -0.1) is 0 Å². The predicted octanol–water partition coefficient (Wildman–Crippen LogP) is 6.03. The number of ether oxygens (including phenoxy) is 2. The van der Waals surface area contributed by atoms with Gasteiger partial charge in [-0.25, -0.2) is 9.79 Å². The van der Waals surface area contributed by atoms with E-state index in [0.29, 0.717) is 17.5 Å². The number of hydrogen-bond donors (Lipinski definition) is 0. The van der Waals surface area contributed by atoms with E-state index in [1.165, 1.54) is 0 Å². The molecule has 0 aliphatic carbocycles. The normalized spacial score (nSPS) is 14.6. The molecular formula is C23H15BrClNO3. The minimum atomic E-state index is -0.471. The second-order valence-electron chi connectivity index (χ2n) is 6.33. The summed E-state index contributed by atoms with van der Waals surface area (Å²) in [6.45, 7) is 0.424. The zero-order valence-electron chi connectivity index (χ0n) is 15.1. The maximum Gasteiger partial charge on any atom is 0.363 e. The predicted molar refractivity (Wildman–Crippen MR) is 117 cm³/mol. The topological polar surface area (TPSA) is 47.9 Å². The Morgan fingerprint density at radius 3 is 2.59 bits per heavy atom. The lowest BCUT2D eigenvalue weighted by molar-refractivity contribution is -0.129. The van der Waals surface area contributed by atoms with Gasteiger partial charge in [0.05, 0.1) is 0 Å². The fourth-order valence-electron chi connectivity index (χ4n) is 2.77. The molecule has 4 nitrogen and oxygen atoms in total. The number of rotatable bonds is 5. The highest BCUT2D eigenvalue weighted by Gasteiger charge is 2.24. The average molecular weight is 469 g/mol. The minimum Gasteiger partial charge on any atom is -0.489 e. The highest BCUT2D eigenvalue weighted by molar-refractivity contribution is 9.10. The van der Waals surface area contributed by atoms with Crippen LogP contribution in [0.2, 0.25) is 5.02 Å². The SMILES string of the molecule is O=C1OC(c2cccc(Br)c2)=N/C1=C\c1ccc(OCc2cccc(Cl)c2)cc1. The van der Waals surface area contributed by atoms with E-state index in [-0.39, 0.29) is 5.70 Å². The Bertz CT molecular complexity index is 1120. The number of aliphatic imine (C=N–C) groups is 1. The van der Waals surface area contributed by atoms with Crippen molar-refractivity contribution in [3.05, 3.63) is 105 Å². The van der Waals surface area contributed by atoms with Crippen molar-refractivity contribution in [3.8, 4) is 5.75 Å². The van der Waals surface area contributed by atoms with E-state index < -0.39 is 5.97 Å². The first kappa shape index (κ1) is 19.4. The van der Waals surface area contributed by atoms with Crippen molar-refractivity contribution in [1.29, 1.82) is 0 Å². The summed E-state index contributed by atoms with van der Waals surface area (Å²) in [6, 6.07) is 22.4. The molecule has 3 aromatic carbocycles. The molecule has 0 bridgehead atoms. The van der Waals surface area contributed by atoms with Crippen LogP contribution in [0, 0.1) is 0 Å². The van der Waals surface area contributed by atoms with Gasteiger partial charge in [0.2, 0.25) is 5.90 Å². The summed E-state index contributed by atoms with van der Waals surface area (Å²) in [5.41, 5.74) is 2.81. The largest absolute Gasteiger partial charge is 0.489 e. The van der Waals surface area contributed by atoms with Gasteiger partial charge in [-0.2, -0.15) is 0 Å². The third-order valence-electron chi connectivity index (χ3n) is 4.17. The lowest BCUT2D eigenvalue weighted by atomic mass is 10.2. The zero-order valence-corrected chi connectivity index (χ0v) is 17.5. The number of halogens is 2. The van der Waals surface area contributed by atoms with Crippen molar-refractivity contribution < 1.29 is 14.3 Å². The third kappa shape index (κ3) is 4.94. The Hall–Kier alpha value is -2.89. The van der Waals surface area contributed by atoms with Gasteiger partial charge in [0.25, 0.3) is 0 Å². The van der Waals surface area contributed by atoms with Crippen LogP contribution in [0.1, 0.15) is 16.7 Å². The molecule has 3 aromatic rings. The average Bonchev–Trinajstić information content (AvgIpc) is 3.08. The number of esters is 1. The van der Waals surface area contributed by atoms with E-state index in [0.717, 1.165) is 26.9 Å². The van der Waals surface area contributed by atoms with Gasteiger partial charge in [0.15, 0.2) is 5.70 Å². The van der Waals surface area contributed by atoms with Crippen LogP contribution in [0.3, 0.4) is 0 Å². The van der Waals surface area contributed by atoms with Crippen molar-refractivity contribution >= 4 is 45.5 Å². The molecule has 0 aromatic heterocycles. The molecule has 144 valence electrons. The number of benzene rings is 3. The van der Waals surface area contributed by atoms with Crippen LogP contribution in [0.15, 0.2) is 88.0 Å². The molecule has 4 rings (SSSR count). The van der Waals surface area contributed by atoms with Crippen LogP contribution < -0.4 is 4.74 Å². The van der Waals surface area contributed by atoms with Gasteiger partial charge in [-0.05, 0) is 59.7 Å². The van der Waals surface area contributed by atoms with Crippen molar-refractivity contribution in [2.24, 2.45) is 4.99 Å². The molecule has 29 heavy (non-hydrogen) atoms. The second kappa shape index (κ2) is 8.64. The summed E-state index contributed by atoms with van der Waals surface area (Å²) >= 11 is 9.39. The summed E-state index contributed by atoms with van der Waals surface area (Å²) in [7, 11) is 0. The van der Waals surface area contributed by atoms with Crippen molar-refractivity contribution in [2.75, 3.05) is 0 Å². The lowest BCUT2D eigenvalue weighted by Gasteiger charge is -2.07. The van der Waals surface area contributed by atoms with Crippen LogP contribution >= 0.6 is 27.5 Å². The van der Waals surface area contributed by atoms with E-state index in [1.54, 1.807) is 6.08 Å². The summed E-state index contributed by atoms with van der Waals surface area (Å²) in [5, 5.41) is 0.680. The highest BCUT2D eigenvalue weighted by Crippen LogP contribution is 2.22. The number of nitrogens with zero attached hydrogens (tertiary/aromatic N) is 1.